The lowest BCUT2D eigenvalue weighted by atomic mass is 10.3. The monoisotopic (exact) mass is 196 g/mol. The highest BCUT2D eigenvalue weighted by molar-refractivity contribution is 6.71. The Balaban J connectivity index is 2.36. The van der Waals surface area contributed by atoms with E-state index in [1.807, 2.05) is 0 Å². The quantitative estimate of drug-likeness (QED) is 0.611. The van der Waals surface area contributed by atoms with Gasteiger partial charge in [-0.1, -0.05) is 30.7 Å². The van der Waals surface area contributed by atoms with Gasteiger partial charge in [0.2, 0.25) is 0 Å². The van der Waals surface area contributed by atoms with Crippen molar-refractivity contribution in [2.45, 2.75) is 38.9 Å². The molecule has 0 atom stereocenters. The molecular weight excluding hydrogens is 176 g/mol. The molecule has 0 fully saturated rings. The molecular formula is C11H20OSi. The molecule has 0 unspecified atom stereocenters. The number of allylic oxidation sites excluding steroid dienone is 4. The lowest BCUT2D eigenvalue weighted by Gasteiger charge is -2.22. The Morgan fingerprint density at radius 1 is 1.46 bits per heavy atom. The van der Waals surface area contributed by atoms with Crippen molar-refractivity contribution >= 4 is 8.32 Å². The van der Waals surface area contributed by atoms with Gasteiger partial charge in [0.15, 0.2) is 8.32 Å². The first kappa shape index (κ1) is 10.7. The number of hydrogen-bond acceptors (Lipinski definition) is 1. The molecule has 0 heterocycles. The zero-order valence-corrected chi connectivity index (χ0v) is 9.97. The average Bonchev–Trinajstić information content (AvgIpc) is 2.52. The summed E-state index contributed by atoms with van der Waals surface area (Å²) in [4.78, 5) is 0. The van der Waals surface area contributed by atoms with Crippen LogP contribution in [0.5, 0.6) is 0 Å². The van der Waals surface area contributed by atoms with E-state index in [1.165, 1.54) is 11.6 Å². The summed E-state index contributed by atoms with van der Waals surface area (Å²) in [6.07, 6.45) is 9.02. The minimum absolute atomic E-state index is 0.927. The van der Waals surface area contributed by atoms with E-state index in [0.717, 1.165) is 19.4 Å². The van der Waals surface area contributed by atoms with E-state index >= 15 is 0 Å². The summed E-state index contributed by atoms with van der Waals surface area (Å²) >= 11 is 0. The van der Waals surface area contributed by atoms with Crippen LogP contribution in [-0.2, 0) is 4.43 Å². The SMILES string of the molecule is CCCO[Si](C)(C)CC1=CCC=C1. The highest BCUT2D eigenvalue weighted by atomic mass is 28.4. The van der Waals surface area contributed by atoms with Gasteiger partial charge in [-0.15, -0.1) is 0 Å². The van der Waals surface area contributed by atoms with Crippen LogP contribution in [0.4, 0.5) is 0 Å². The van der Waals surface area contributed by atoms with E-state index in [4.69, 9.17) is 4.43 Å². The Labute approximate surface area is 82.6 Å². The minimum Gasteiger partial charge on any atom is -0.417 e. The zero-order valence-electron chi connectivity index (χ0n) is 8.97. The van der Waals surface area contributed by atoms with E-state index in [2.05, 4.69) is 38.2 Å². The second-order valence-corrected chi connectivity index (χ2v) is 8.36. The lowest BCUT2D eigenvalue weighted by Crippen LogP contribution is -2.30. The molecule has 0 saturated heterocycles. The summed E-state index contributed by atoms with van der Waals surface area (Å²) in [5.74, 6) is 0. The average molecular weight is 196 g/mol. The zero-order chi connectivity index (χ0) is 9.73. The van der Waals surface area contributed by atoms with Gasteiger partial charge in [0, 0.05) is 6.61 Å². The summed E-state index contributed by atoms with van der Waals surface area (Å²) in [6.45, 7) is 7.70. The van der Waals surface area contributed by atoms with Gasteiger partial charge in [0.05, 0.1) is 0 Å². The number of rotatable bonds is 5. The normalized spacial score (nSPS) is 16.4. The van der Waals surface area contributed by atoms with Gasteiger partial charge in [-0.3, -0.25) is 0 Å². The molecule has 0 N–H and O–H groups in total. The largest absolute Gasteiger partial charge is 0.417 e. The first-order valence-electron chi connectivity index (χ1n) is 5.13. The smallest absolute Gasteiger partial charge is 0.190 e. The summed E-state index contributed by atoms with van der Waals surface area (Å²) in [5, 5.41) is 0. The Bertz CT molecular complexity index is 216. The van der Waals surface area contributed by atoms with E-state index in [9.17, 15) is 0 Å². The van der Waals surface area contributed by atoms with Gasteiger partial charge in [-0.25, -0.2) is 0 Å². The van der Waals surface area contributed by atoms with E-state index in [0.29, 0.717) is 0 Å². The second-order valence-electron chi connectivity index (χ2n) is 4.20. The summed E-state index contributed by atoms with van der Waals surface area (Å²) in [6, 6.07) is 1.17. The molecule has 0 aromatic heterocycles. The molecule has 0 radical (unpaired) electrons. The molecule has 0 saturated carbocycles. The molecule has 13 heavy (non-hydrogen) atoms. The highest BCUT2D eigenvalue weighted by Gasteiger charge is 2.23. The van der Waals surface area contributed by atoms with Crippen LogP contribution in [-0.4, -0.2) is 14.9 Å². The van der Waals surface area contributed by atoms with Crippen LogP contribution in [0, 0.1) is 0 Å². The first-order valence-corrected chi connectivity index (χ1v) is 8.25. The van der Waals surface area contributed by atoms with Crippen LogP contribution in [0.25, 0.3) is 0 Å². The predicted octanol–water partition coefficient (Wildman–Crippen LogP) is 3.50. The third-order valence-corrected chi connectivity index (χ3v) is 4.42. The minimum atomic E-state index is -1.41. The van der Waals surface area contributed by atoms with Crippen LogP contribution in [0.2, 0.25) is 19.1 Å². The van der Waals surface area contributed by atoms with Gasteiger partial charge in [0.1, 0.15) is 0 Å². The maximum Gasteiger partial charge on any atom is 0.190 e. The fraction of sp³-hybridized carbons (Fsp3) is 0.636. The van der Waals surface area contributed by atoms with Crippen LogP contribution >= 0.6 is 0 Å². The van der Waals surface area contributed by atoms with Crippen molar-refractivity contribution in [2.75, 3.05) is 6.61 Å². The van der Waals surface area contributed by atoms with E-state index < -0.39 is 8.32 Å². The van der Waals surface area contributed by atoms with Gasteiger partial charge in [-0.2, -0.15) is 0 Å². The molecule has 1 rings (SSSR count). The lowest BCUT2D eigenvalue weighted by molar-refractivity contribution is 0.308. The third kappa shape index (κ3) is 3.92. The van der Waals surface area contributed by atoms with Crippen molar-refractivity contribution in [3.05, 3.63) is 23.8 Å². The van der Waals surface area contributed by atoms with Crippen LogP contribution in [0.1, 0.15) is 19.8 Å². The Kier molecular flexibility index (Phi) is 3.94. The fourth-order valence-corrected chi connectivity index (χ4v) is 3.66. The fourth-order valence-electron chi connectivity index (χ4n) is 1.56. The van der Waals surface area contributed by atoms with Crippen molar-refractivity contribution < 1.29 is 4.43 Å². The predicted molar refractivity (Wildman–Crippen MR) is 60.4 cm³/mol. The first-order chi connectivity index (χ1) is 6.14. The van der Waals surface area contributed by atoms with Crippen LogP contribution < -0.4 is 0 Å². The maximum absolute atomic E-state index is 5.90. The van der Waals surface area contributed by atoms with Crippen molar-refractivity contribution in [1.82, 2.24) is 0 Å². The van der Waals surface area contributed by atoms with E-state index in [1.54, 1.807) is 0 Å². The van der Waals surface area contributed by atoms with Crippen molar-refractivity contribution in [3.8, 4) is 0 Å². The van der Waals surface area contributed by atoms with Crippen molar-refractivity contribution in [2.24, 2.45) is 0 Å². The third-order valence-electron chi connectivity index (χ3n) is 2.17. The molecule has 74 valence electrons. The standard InChI is InChI=1S/C11H20OSi/c1-4-9-12-13(2,3)10-11-7-5-6-8-11/h5,7-8H,4,6,9-10H2,1-3H3. The van der Waals surface area contributed by atoms with Crippen molar-refractivity contribution in [1.29, 1.82) is 0 Å². The molecule has 1 aliphatic carbocycles. The van der Waals surface area contributed by atoms with Gasteiger partial charge < -0.3 is 4.43 Å². The second kappa shape index (κ2) is 4.77. The highest BCUT2D eigenvalue weighted by Crippen LogP contribution is 2.22. The Morgan fingerprint density at radius 3 is 2.77 bits per heavy atom. The molecule has 1 aliphatic rings. The topological polar surface area (TPSA) is 9.23 Å². The summed E-state index contributed by atoms with van der Waals surface area (Å²) in [7, 11) is -1.41. The van der Waals surface area contributed by atoms with Crippen LogP contribution in [0.15, 0.2) is 23.8 Å². The summed E-state index contributed by atoms with van der Waals surface area (Å²) < 4.78 is 5.90. The maximum atomic E-state index is 5.90. The molecule has 2 heteroatoms. The molecule has 0 aromatic rings. The molecule has 0 amide bonds. The summed E-state index contributed by atoms with van der Waals surface area (Å²) in [5.41, 5.74) is 1.48. The van der Waals surface area contributed by atoms with Gasteiger partial charge in [-0.05, 0) is 32.0 Å². The molecule has 0 spiro atoms. The van der Waals surface area contributed by atoms with Gasteiger partial charge >= 0.3 is 0 Å². The van der Waals surface area contributed by atoms with Crippen LogP contribution in [0.3, 0.4) is 0 Å². The Morgan fingerprint density at radius 2 is 2.23 bits per heavy atom. The Hall–Kier alpha value is -0.343. The molecule has 0 bridgehead atoms. The number of hydrogen-bond donors (Lipinski definition) is 0. The van der Waals surface area contributed by atoms with Gasteiger partial charge in [0.25, 0.3) is 0 Å². The molecule has 0 aromatic carbocycles. The molecule has 0 aliphatic heterocycles. The molecule has 1 nitrogen and oxygen atoms in total. The van der Waals surface area contributed by atoms with E-state index in [-0.39, 0.29) is 0 Å². The van der Waals surface area contributed by atoms with Crippen molar-refractivity contribution in [3.63, 3.8) is 0 Å².